The van der Waals surface area contributed by atoms with Crippen LogP contribution in [0.5, 0.6) is 5.75 Å². The van der Waals surface area contributed by atoms with Gasteiger partial charge in [-0.15, -0.1) is 0 Å². The second kappa shape index (κ2) is 12.9. The number of rotatable bonds is 9. The molecule has 0 spiro atoms. The molecule has 33 heavy (non-hydrogen) atoms. The number of hydrogen-bond donors (Lipinski definition) is 2. The van der Waals surface area contributed by atoms with Gasteiger partial charge in [-0.25, -0.2) is 17.8 Å². The molecule has 2 aromatic rings. The smallest absolute Gasteiger partial charge is 0.274 e. The standard InChI is InChI=1S/C21H27FN4O4S.C2H6/c1-5-6-18(20(23)24-3)31(28,29)12-14-10-15(7-8-17(14)22)26-21(27)19-13(2)9-16(30-4)11-25-19;1-2/h7-11,18H,5-6,12H2,1-4H3,(H2,23,24)(H,26,27);1-2H3. The van der Waals surface area contributed by atoms with Crippen LogP contribution >= 0.6 is 0 Å². The van der Waals surface area contributed by atoms with Crippen molar-refractivity contribution in [2.75, 3.05) is 19.5 Å². The average molecular weight is 481 g/mol. The molecule has 0 saturated carbocycles. The third kappa shape index (κ3) is 7.52. The first-order chi connectivity index (χ1) is 15.6. The van der Waals surface area contributed by atoms with Gasteiger partial charge in [0.15, 0.2) is 9.84 Å². The first kappa shape index (κ1) is 28.0. The Morgan fingerprint density at radius 1 is 1.30 bits per heavy atom. The minimum atomic E-state index is -3.82. The molecule has 182 valence electrons. The van der Waals surface area contributed by atoms with Crippen molar-refractivity contribution in [1.29, 1.82) is 0 Å². The Morgan fingerprint density at radius 2 is 1.97 bits per heavy atom. The van der Waals surface area contributed by atoms with Gasteiger partial charge in [0.05, 0.1) is 19.1 Å². The van der Waals surface area contributed by atoms with Gasteiger partial charge in [-0.3, -0.25) is 9.79 Å². The highest BCUT2D eigenvalue weighted by atomic mass is 32.2. The zero-order chi connectivity index (χ0) is 25.2. The number of halogens is 1. The van der Waals surface area contributed by atoms with Crippen molar-refractivity contribution in [2.24, 2.45) is 10.7 Å². The zero-order valence-electron chi connectivity index (χ0n) is 20.0. The summed E-state index contributed by atoms with van der Waals surface area (Å²) < 4.78 is 45.2. The lowest BCUT2D eigenvalue weighted by molar-refractivity contribution is 0.102. The van der Waals surface area contributed by atoms with Crippen molar-refractivity contribution < 1.29 is 22.3 Å². The SMILES string of the molecule is CC.CCCC(C(N)=NC)S(=O)(=O)Cc1cc(NC(=O)c2ncc(OC)cc2C)ccc1F. The summed E-state index contributed by atoms with van der Waals surface area (Å²) >= 11 is 0. The number of amides is 1. The number of carbonyl (C=O) groups is 1. The first-order valence-electron chi connectivity index (χ1n) is 10.7. The lowest BCUT2D eigenvalue weighted by Gasteiger charge is -2.17. The fraction of sp³-hybridized carbons (Fsp3) is 0.435. The van der Waals surface area contributed by atoms with Crippen LogP contribution in [0.2, 0.25) is 0 Å². The molecule has 1 aromatic heterocycles. The number of aliphatic imine (C=N–C) groups is 1. The highest BCUT2D eigenvalue weighted by Crippen LogP contribution is 2.22. The van der Waals surface area contributed by atoms with Crippen LogP contribution in [0.3, 0.4) is 0 Å². The van der Waals surface area contributed by atoms with Crippen LogP contribution in [-0.2, 0) is 15.6 Å². The average Bonchev–Trinajstić information content (AvgIpc) is 2.79. The van der Waals surface area contributed by atoms with E-state index in [0.717, 1.165) is 6.07 Å². The fourth-order valence-corrected chi connectivity index (χ4v) is 5.01. The number of nitrogens with one attached hydrogen (secondary N) is 1. The molecule has 0 bridgehead atoms. The van der Waals surface area contributed by atoms with Crippen molar-refractivity contribution in [1.82, 2.24) is 4.98 Å². The Hall–Kier alpha value is -3.01. The van der Waals surface area contributed by atoms with E-state index >= 15 is 0 Å². The van der Waals surface area contributed by atoms with E-state index in [-0.39, 0.29) is 29.2 Å². The molecule has 0 radical (unpaired) electrons. The summed E-state index contributed by atoms with van der Waals surface area (Å²) in [4.78, 5) is 20.5. The van der Waals surface area contributed by atoms with Gasteiger partial charge in [-0.1, -0.05) is 27.2 Å². The Kier molecular flexibility index (Phi) is 10.9. The summed E-state index contributed by atoms with van der Waals surface area (Å²) in [5.41, 5.74) is 6.73. The molecule has 0 aliphatic rings. The number of anilines is 1. The summed E-state index contributed by atoms with van der Waals surface area (Å²) in [6.07, 6.45) is 2.27. The number of methoxy groups -OCH3 is 1. The Labute approximate surface area is 195 Å². The number of pyridine rings is 1. The van der Waals surface area contributed by atoms with Gasteiger partial charge in [0.1, 0.15) is 28.3 Å². The molecule has 1 unspecified atom stereocenters. The summed E-state index contributed by atoms with van der Waals surface area (Å²) in [6.45, 7) is 7.54. The number of aryl methyl sites for hydroxylation is 1. The quantitative estimate of drug-likeness (QED) is 0.415. The maximum Gasteiger partial charge on any atom is 0.274 e. The monoisotopic (exact) mass is 480 g/mol. The number of ether oxygens (including phenoxy) is 1. The van der Waals surface area contributed by atoms with Crippen LogP contribution in [-0.4, -0.2) is 44.6 Å². The second-order valence-corrected chi connectivity index (χ2v) is 9.22. The van der Waals surface area contributed by atoms with E-state index in [1.807, 2.05) is 20.8 Å². The topological polar surface area (TPSA) is 124 Å². The predicted octanol–water partition coefficient (Wildman–Crippen LogP) is 3.89. The molecule has 10 heteroatoms. The van der Waals surface area contributed by atoms with Crippen LogP contribution in [0, 0.1) is 12.7 Å². The first-order valence-corrected chi connectivity index (χ1v) is 12.4. The highest BCUT2D eigenvalue weighted by Gasteiger charge is 2.29. The van der Waals surface area contributed by atoms with Gasteiger partial charge in [0, 0.05) is 18.3 Å². The molecule has 8 nitrogen and oxygen atoms in total. The van der Waals surface area contributed by atoms with Crippen molar-refractivity contribution in [3.63, 3.8) is 0 Å². The number of nitrogens with zero attached hydrogens (tertiary/aromatic N) is 2. The molecule has 1 atom stereocenters. The minimum absolute atomic E-state index is 0.00669. The van der Waals surface area contributed by atoms with Crippen molar-refractivity contribution in [2.45, 2.75) is 51.5 Å². The van der Waals surface area contributed by atoms with Crippen LogP contribution < -0.4 is 15.8 Å². The third-order valence-corrected chi connectivity index (χ3v) is 6.79. The Balaban J connectivity index is 0.00000265. The lowest BCUT2D eigenvalue weighted by atomic mass is 10.1. The van der Waals surface area contributed by atoms with Gasteiger partial charge in [-0.2, -0.15) is 0 Å². The van der Waals surface area contributed by atoms with E-state index < -0.39 is 32.6 Å². The van der Waals surface area contributed by atoms with Crippen molar-refractivity contribution in [3.05, 3.63) is 53.1 Å². The molecule has 1 amide bonds. The van der Waals surface area contributed by atoms with Gasteiger partial charge in [-0.05, 0) is 43.2 Å². The lowest BCUT2D eigenvalue weighted by Crippen LogP contribution is -2.37. The molecular formula is C23H33FN4O4S. The number of benzene rings is 1. The zero-order valence-corrected chi connectivity index (χ0v) is 20.8. The largest absolute Gasteiger partial charge is 0.495 e. The van der Waals surface area contributed by atoms with Gasteiger partial charge >= 0.3 is 0 Å². The van der Waals surface area contributed by atoms with Crippen molar-refractivity contribution in [3.8, 4) is 5.75 Å². The number of sulfone groups is 1. The summed E-state index contributed by atoms with van der Waals surface area (Å²) in [5.74, 6) is -1.26. The van der Waals surface area contributed by atoms with Gasteiger partial charge in [0.25, 0.3) is 5.91 Å². The number of carbonyl (C=O) groups excluding carboxylic acids is 1. The van der Waals surface area contributed by atoms with Crippen molar-refractivity contribution >= 4 is 27.3 Å². The highest BCUT2D eigenvalue weighted by molar-refractivity contribution is 7.92. The van der Waals surface area contributed by atoms with E-state index in [0.29, 0.717) is 17.7 Å². The van der Waals surface area contributed by atoms with Gasteiger partial charge in [0.2, 0.25) is 0 Å². The van der Waals surface area contributed by atoms with Gasteiger partial charge < -0.3 is 15.8 Å². The van der Waals surface area contributed by atoms with Crippen LogP contribution in [0.4, 0.5) is 10.1 Å². The normalized spacial score (nSPS) is 12.4. The molecule has 1 heterocycles. The predicted molar refractivity (Wildman–Crippen MR) is 130 cm³/mol. The number of amidine groups is 1. The molecule has 0 saturated heterocycles. The Bertz CT molecular complexity index is 1090. The van der Waals surface area contributed by atoms with E-state index in [1.165, 1.54) is 32.5 Å². The maximum atomic E-state index is 14.4. The minimum Gasteiger partial charge on any atom is -0.495 e. The van der Waals surface area contributed by atoms with E-state index in [9.17, 15) is 17.6 Å². The Morgan fingerprint density at radius 3 is 2.52 bits per heavy atom. The van der Waals surface area contributed by atoms with Crippen LogP contribution in [0.1, 0.15) is 55.2 Å². The molecule has 0 fully saturated rings. The maximum absolute atomic E-state index is 14.4. The number of hydrogen-bond acceptors (Lipinski definition) is 6. The fourth-order valence-electron chi connectivity index (χ4n) is 3.09. The van der Waals surface area contributed by atoms with E-state index in [2.05, 4.69) is 15.3 Å². The summed E-state index contributed by atoms with van der Waals surface area (Å²) in [5, 5.41) is 1.63. The molecule has 3 N–H and O–H groups in total. The van der Waals surface area contributed by atoms with Crippen LogP contribution in [0.25, 0.3) is 0 Å². The summed E-state index contributed by atoms with van der Waals surface area (Å²) in [6, 6.07) is 5.43. The molecule has 0 aliphatic carbocycles. The number of nitrogens with two attached hydrogens (primary N) is 1. The van der Waals surface area contributed by atoms with Crippen LogP contribution in [0.15, 0.2) is 35.5 Å². The van der Waals surface area contributed by atoms with E-state index in [4.69, 9.17) is 10.5 Å². The summed E-state index contributed by atoms with van der Waals surface area (Å²) in [7, 11) is -0.906. The number of aromatic nitrogens is 1. The molecule has 1 aromatic carbocycles. The van der Waals surface area contributed by atoms with E-state index in [1.54, 1.807) is 13.0 Å². The second-order valence-electron chi connectivity index (χ2n) is 7.03. The molecular weight excluding hydrogens is 447 g/mol. The molecule has 2 rings (SSSR count). The third-order valence-electron chi connectivity index (χ3n) is 4.74. The molecule has 0 aliphatic heterocycles.